The first-order valence-corrected chi connectivity index (χ1v) is 15.7. The molecule has 3 aliphatic rings. The Morgan fingerprint density at radius 1 is 1.07 bits per heavy atom. The summed E-state index contributed by atoms with van der Waals surface area (Å²) < 4.78 is 6.63. The number of fused-ring (bicyclic) bond motifs is 2. The fourth-order valence-electron chi connectivity index (χ4n) is 6.40. The third-order valence-electron chi connectivity index (χ3n) is 8.69. The van der Waals surface area contributed by atoms with Crippen LogP contribution in [0.5, 0.6) is 0 Å². The summed E-state index contributed by atoms with van der Waals surface area (Å²) in [5.74, 6) is -0.0428. The molecular formula is C32H43ClN4O4S. The molecule has 0 saturated carbocycles. The Morgan fingerprint density at radius 2 is 1.79 bits per heavy atom. The summed E-state index contributed by atoms with van der Waals surface area (Å²) in [4.78, 5) is 44.0. The number of carbonyl (C=O) groups excluding carboxylic acids is 3. The van der Waals surface area contributed by atoms with E-state index in [0.29, 0.717) is 18.6 Å². The molecule has 2 aromatic rings. The van der Waals surface area contributed by atoms with Crippen LogP contribution in [-0.4, -0.2) is 65.9 Å². The zero-order valence-electron chi connectivity index (χ0n) is 24.8. The van der Waals surface area contributed by atoms with Crippen molar-refractivity contribution >= 4 is 41.9 Å². The minimum Gasteiger partial charge on any atom is -0.354 e. The number of likely N-dealkylation sites (N-methyl/N-ethyl adjacent to an activating group) is 1. The number of nitrogens with one attached hydrogen (secondary N) is 3. The van der Waals surface area contributed by atoms with Crippen LogP contribution in [0.3, 0.4) is 0 Å². The highest BCUT2D eigenvalue weighted by atomic mass is 35.5. The van der Waals surface area contributed by atoms with Crippen molar-refractivity contribution in [3.63, 3.8) is 0 Å². The van der Waals surface area contributed by atoms with Gasteiger partial charge in [0, 0.05) is 23.5 Å². The van der Waals surface area contributed by atoms with Crippen LogP contribution in [0.2, 0.25) is 0 Å². The van der Waals surface area contributed by atoms with Gasteiger partial charge in [0.1, 0.15) is 18.3 Å². The quantitative estimate of drug-likeness (QED) is 0.385. The van der Waals surface area contributed by atoms with Crippen molar-refractivity contribution in [1.82, 2.24) is 20.9 Å². The second-order valence-electron chi connectivity index (χ2n) is 12.1. The summed E-state index contributed by atoms with van der Waals surface area (Å²) in [6.07, 6.45) is 2.93. The zero-order valence-corrected chi connectivity index (χ0v) is 26.4. The van der Waals surface area contributed by atoms with E-state index in [9.17, 15) is 14.4 Å². The molecule has 2 heterocycles. The van der Waals surface area contributed by atoms with Crippen LogP contribution in [-0.2, 0) is 25.5 Å². The molecule has 3 N–H and O–H groups in total. The topological polar surface area (TPSA) is 99.8 Å². The highest BCUT2D eigenvalue weighted by Gasteiger charge is 2.56. The van der Waals surface area contributed by atoms with E-state index in [1.54, 1.807) is 30.6 Å². The Balaban J connectivity index is 0.00000405. The fourth-order valence-corrected chi connectivity index (χ4v) is 7.35. The first-order chi connectivity index (χ1) is 19.7. The van der Waals surface area contributed by atoms with Gasteiger partial charge in [0.2, 0.25) is 17.7 Å². The first kappa shape index (κ1) is 32.3. The van der Waals surface area contributed by atoms with E-state index in [2.05, 4.69) is 40.2 Å². The summed E-state index contributed by atoms with van der Waals surface area (Å²) in [5.41, 5.74) is 1.91. The molecule has 228 valence electrons. The number of rotatable bonds is 8. The third kappa shape index (κ3) is 6.96. The van der Waals surface area contributed by atoms with Gasteiger partial charge in [-0.2, -0.15) is 0 Å². The lowest BCUT2D eigenvalue weighted by atomic mass is 9.82. The Kier molecular flexibility index (Phi) is 10.6. The fraction of sp³-hybridized carbons (Fsp3) is 0.531. The van der Waals surface area contributed by atoms with Crippen LogP contribution in [0.15, 0.2) is 59.5 Å². The zero-order chi connectivity index (χ0) is 29.1. The predicted molar refractivity (Wildman–Crippen MR) is 167 cm³/mol. The Hall–Kier alpha value is -2.59. The Morgan fingerprint density at radius 3 is 2.52 bits per heavy atom. The molecule has 3 unspecified atom stereocenters. The SMILES string of the molecule is CN[C@H](C)C(=O)N[C@@H]1CC(CSc2ccccc2)OC2CC(C)(C)C(C(=O)N[C@H]3CCCc4ccccc43)N2C1=O.Cl. The number of thioether (sulfide) groups is 1. The van der Waals surface area contributed by atoms with E-state index in [0.717, 1.165) is 29.7 Å². The minimum absolute atomic E-state index is 0. The van der Waals surface area contributed by atoms with Crippen molar-refractivity contribution in [3.8, 4) is 0 Å². The number of hydrogen-bond acceptors (Lipinski definition) is 6. The van der Waals surface area contributed by atoms with Crippen LogP contribution >= 0.6 is 24.2 Å². The predicted octanol–water partition coefficient (Wildman–Crippen LogP) is 4.23. The van der Waals surface area contributed by atoms with Crippen LogP contribution < -0.4 is 16.0 Å². The average molecular weight is 615 g/mol. The van der Waals surface area contributed by atoms with E-state index >= 15 is 0 Å². The molecule has 0 spiro atoms. The van der Waals surface area contributed by atoms with Crippen molar-refractivity contribution < 1.29 is 19.1 Å². The summed E-state index contributed by atoms with van der Waals surface area (Å²) in [5, 5.41) is 9.21. The number of nitrogens with zero attached hydrogens (tertiary/aromatic N) is 1. The Bertz CT molecular complexity index is 1260. The second kappa shape index (κ2) is 13.8. The second-order valence-corrected chi connectivity index (χ2v) is 13.2. The number of hydrogen-bond donors (Lipinski definition) is 3. The van der Waals surface area contributed by atoms with Gasteiger partial charge in [-0.25, -0.2) is 0 Å². The molecule has 2 saturated heterocycles. The maximum atomic E-state index is 14.2. The molecule has 10 heteroatoms. The third-order valence-corrected chi connectivity index (χ3v) is 9.83. The highest BCUT2D eigenvalue weighted by Crippen LogP contribution is 2.44. The van der Waals surface area contributed by atoms with Crippen LogP contribution in [0.25, 0.3) is 0 Å². The standard InChI is InChI=1S/C32H42N4O4S.ClH/c1-20(33-4)29(37)35-26-17-22(19-41-23-13-6-5-7-14-23)40-27-18-32(2,3)28(36(27)31(26)39)30(38)34-25-16-10-12-21-11-8-9-15-24(21)25;/h5-9,11,13-15,20,22,25-28,33H,10,12,16-19H2,1-4H3,(H,34,38)(H,35,37);1H/t20-,22?,25+,26-,27?,28?;/m1./s1. The van der Waals surface area contributed by atoms with Gasteiger partial charge < -0.3 is 25.6 Å². The summed E-state index contributed by atoms with van der Waals surface area (Å²) in [6, 6.07) is 16.3. The number of benzene rings is 2. The van der Waals surface area contributed by atoms with Gasteiger partial charge >= 0.3 is 0 Å². The molecule has 0 aromatic heterocycles. The average Bonchev–Trinajstić information content (AvgIpc) is 3.17. The van der Waals surface area contributed by atoms with Crippen LogP contribution in [0.1, 0.15) is 63.6 Å². The lowest BCUT2D eigenvalue weighted by Crippen LogP contribution is -2.58. The molecule has 0 bridgehead atoms. The van der Waals surface area contributed by atoms with Crippen molar-refractivity contribution in [2.45, 2.75) is 94.3 Å². The maximum absolute atomic E-state index is 14.2. The van der Waals surface area contributed by atoms with Crippen LogP contribution in [0, 0.1) is 5.41 Å². The first-order valence-electron chi connectivity index (χ1n) is 14.7. The molecule has 1 aliphatic carbocycles. The molecule has 5 rings (SSSR count). The van der Waals surface area contributed by atoms with Crippen LogP contribution in [0.4, 0.5) is 0 Å². The summed E-state index contributed by atoms with van der Waals surface area (Å²) in [6.45, 7) is 5.82. The number of halogens is 1. The van der Waals surface area contributed by atoms with Crippen molar-refractivity contribution in [1.29, 1.82) is 0 Å². The number of carbonyl (C=O) groups is 3. The molecule has 0 radical (unpaired) electrons. The molecule has 6 atom stereocenters. The molecular weight excluding hydrogens is 572 g/mol. The van der Waals surface area contributed by atoms with Crippen molar-refractivity contribution in [3.05, 3.63) is 65.7 Å². The summed E-state index contributed by atoms with van der Waals surface area (Å²) >= 11 is 1.67. The van der Waals surface area contributed by atoms with Gasteiger partial charge in [-0.1, -0.05) is 56.3 Å². The number of amides is 3. The van der Waals surface area contributed by atoms with E-state index in [1.165, 1.54) is 5.56 Å². The monoisotopic (exact) mass is 614 g/mol. The largest absolute Gasteiger partial charge is 0.354 e. The lowest BCUT2D eigenvalue weighted by molar-refractivity contribution is -0.151. The van der Waals surface area contributed by atoms with Crippen molar-refractivity contribution in [2.24, 2.45) is 5.41 Å². The molecule has 2 aliphatic heterocycles. The Labute approximate surface area is 259 Å². The maximum Gasteiger partial charge on any atom is 0.247 e. The summed E-state index contributed by atoms with van der Waals surface area (Å²) in [7, 11) is 1.71. The van der Waals surface area contributed by atoms with Crippen molar-refractivity contribution in [2.75, 3.05) is 12.8 Å². The number of ether oxygens (including phenoxy) is 1. The van der Waals surface area contributed by atoms with Gasteiger partial charge in [-0.05, 0) is 61.9 Å². The molecule has 2 fully saturated rings. The van der Waals surface area contributed by atoms with E-state index in [-0.39, 0.29) is 42.3 Å². The smallest absolute Gasteiger partial charge is 0.247 e. The normalized spacial score (nSPS) is 27.1. The van der Waals surface area contributed by atoms with E-state index < -0.39 is 29.8 Å². The van der Waals surface area contributed by atoms with E-state index in [1.807, 2.05) is 44.2 Å². The van der Waals surface area contributed by atoms with Gasteiger partial charge in [0.05, 0.1) is 18.2 Å². The van der Waals surface area contributed by atoms with Gasteiger partial charge in [-0.3, -0.25) is 14.4 Å². The van der Waals surface area contributed by atoms with Gasteiger partial charge in [-0.15, -0.1) is 24.2 Å². The van der Waals surface area contributed by atoms with E-state index in [4.69, 9.17) is 4.74 Å². The van der Waals surface area contributed by atoms with Gasteiger partial charge in [0.15, 0.2) is 0 Å². The highest BCUT2D eigenvalue weighted by molar-refractivity contribution is 7.99. The molecule has 8 nitrogen and oxygen atoms in total. The van der Waals surface area contributed by atoms with Gasteiger partial charge in [0.25, 0.3) is 0 Å². The lowest BCUT2D eigenvalue weighted by Gasteiger charge is -2.35. The molecule has 42 heavy (non-hydrogen) atoms. The minimum atomic E-state index is -0.788. The number of aryl methyl sites for hydroxylation is 1. The molecule has 2 aromatic carbocycles. The molecule has 3 amide bonds.